The van der Waals surface area contributed by atoms with Crippen LogP contribution in [0.2, 0.25) is 0 Å². The number of rotatable bonds is 4. The van der Waals surface area contributed by atoms with E-state index in [0.717, 1.165) is 87.3 Å². The second kappa shape index (κ2) is 13.4. The van der Waals surface area contributed by atoms with Gasteiger partial charge < -0.3 is 75.9 Å². The van der Waals surface area contributed by atoms with Crippen LogP contribution in [0.5, 0.6) is 0 Å². The summed E-state index contributed by atoms with van der Waals surface area (Å²) in [6, 6.07) is 0.659. The molecule has 0 amide bonds. The summed E-state index contributed by atoms with van der Waals surface area (Å²) in [5.74, 6) is 2.22. The van der Waals surface area contributed by atoms with Gasteiger partial charge in [0.2, 0.25) is 0 Å². The molecule has 0 N–H and O–H groups in total. The Hall–Kier alpha value is 0.240. The monoisotopic (exact) mass is 830 g/mol. The molecule has 0 radical (unpaired) electrons. The maximum absolute atomic E-state index is 12.5. The Morgan fingerprint density at radius 3 is 1.84 bits per heavy atom. The van der Waals surface area contributed by atoms with Crippen molar-refractivity contribution >= 4 is 11.9 Å². The van der Waals surface area contributed by atoms with Crippen molar-refractivity contribution in [1.82, 2.24) is 0 Å². The number of ether oxygens (including phenoxy) is 4. The molecule has 0 aromatic carbocycles. The van der Waals surface area contributed by atoms with Crippen LogP contribution in [-0.2, 0) is 28.5 Å². The SMILES string of the molecule is CC(=O)O[C@H]1C[C@@H]2CC[C@@H]3[C@H](CC[C@@]4(C)[C@H]3C[C@H]([N+]3(C)CCOCC3)[C@@H]4OC(C)=O)[C@@]2(C)C[C@H]1[N+]1(C)CCOCC1.[I-].[I-]. The van der Waals surface area contributed by atoms with Crippen molar-refractivity contribution in [2.45, 2.75) is 96.9 Å². The summed E-state index contributed by atoms with van der Waals surface area (Å²) in [5.41, 5.74) is 0.259. The van der Waals surface area contributed by atoms with Crippen LogP contribution in [0.4, 0.5) is 0 Å². The molecule has 2 heterocycles. The number of morpholine rings is 2. The highest BCUT2D eigenvalue weighted by Gasteiger charge is 2.68. The Morgan fingerprint density at radius 2 is 1.28 bits per heavy atom. The fraction of sp³-hybridized carbons (Fsp3) is 0.939. The lowest BCUT2D eigenvalue weighted by molar-refractivity contribution is -0.945. The largest absolute Gasteiger partial charge is 1.00 e. The van der Waals surface area contributed by atoms with E-state index in [-0.39, 0.29) is 82.9 Å². The second-order valence-corrected chi connectivity index (χ2v) is 15.8. The maximum atomic E-state index is 12.5. The van der Waals surface area contributed by atoms with Crippen molar-refractivity contribution in [3.05, 3.63) is 0 Å². The Balaban J connectivity index is 0.00000212. The van der Waals surface area contributed by atoms with E-state index in [1.807, 2.05) is 0 Å². The number of quaternary nitrogens is 2. The topological polar surface area (TPSA) is 71.1 Å². The van der Waals surface area contributed by atoms with Crippen LogP contribution in [-0.4, -0.2) is 112 Å². The van der Waals surface area contributed by atoms with Crippen LogP contribution in [0.1, 0.15) is 72.6 Å². The molecular formula is C33H56I2N2O6. The van der Waals surface area contributed by atoms with Crippen molar-refractivity contribution in [2.75, 3.05) is 66.7 Å². The lowest BCUT2D eigenvalue weighted by Crippen LogP contribution is -3.00. The molecule has 6 aliphatic rings. The van der Waals surface area contributed by atoms with E-state index in [1.165, 1.54) is 19.3 Å². The van der Waals surface area contributed by atoms with E-state index in [1.54, 1.807) is 13.8 Å². The number of nitrogens with zero attached hydrogens (tertiary/aromatic N) is 2. The van der Waals surface area contributed by atoms with E-state index in [2.05, 4.69) is 27.9 Å². The number of esters is 2. The summed E-state index contributed by atoms with van der Waals surface area (Å²) < 4.78 is 25.9. The fourth-order valence-electron chi connectivity index (χ4n) is 11.3. The molecule has 43 heavy (non-hydrogen) atoms. The minimum atomic E-state index is -0.140. The zero-order valence-electron chi connectivity index (χ0n) is 27.3. The predicted molar refractivity (Wildman–Crippen MR) is 155 cm³/mol. The van der Waals surface area contributed by atoms with Gasteiger partial charge in [-0.25, -0.2) is 0 Å². The molecule has 10 atom stereocenters. The van der Waals surface area contributed by atoms with Crippen molar-refractivity contribution < 1.29 is 85.5 Å². The number of fused-ring (bicyclic) bond motifs is 5. The van der Waals surface area contributed by atoms with E-state index in [4.69, 9.17) is 18.9 Å². The molecule has 2 saturated heterocycles. The molecule has 0 spiro atoms. The summed E-state index contributed by atoms with van der Waals surface area (Å²) in [4.78, 5) is 24.8. The van der Waals surface area contributed by atoms with Crippen LogP contribution in [0, 0.1) is 34.5 Å². The average molecular weight is 831 g/mol. The molecular weight excluding hydrogens is 774 g/mol. The summed E-state index contributed by atoms with van der Waals surface area (Å²) in [5, 5.41) is 0. The van der Waals surface area contributed by atoms with Gasteiger partial charge in [0.15, 0.2) is 12.2 Å². The van der Waals surface area contributed by atoms with Crippen molar-refractivity contribution in [2.24, 2.45) is 34.5 Å². The Kier molecular flexibility index (Phi) is 11.2. The predicted octanol–water partition coefficient (Wildman–Crippen LogP) is -2.19. The minimum absolute atomic E-state index is 0. The van der Waals surface area contributed by atoms with Crippen LogP contribution in [0.25, 0.3) is 0 Å². The smallest absolute Gasteiger partial charge is 0.303 e. The number of hydrogen-bond donors (Lipinski definition) is 0. The third-order valence-electron chi connectivity index (χ3n) is 13.8. The number of hydrogen-bond acceptors (Lipinski definition) is 6. The normalized spacial score (nSPS) is 44.7. The number of likely N-dealkylation sites (N-methyl/N-ethyl adjacent to an activating group) is 2. The van der Waals surface area contributed by atoms with E-state index in [0.29, 0.717) is 35.8 Å². The average Bonchev–Trinajstić information content (AvgIpc) is 3.21. The number of carbonyl (C=O) groups excluding carboxylic acids is 2. The first kappa shape index (κ1) is 36.1. The standard InChI is InChI=1S/C33H56N2O6.2HI/c1-22(36)40-30-19-24-7-8-25-26(33(24,4)21-29(30)35(6)13-17-39-18-14-35)9-10-32(3)27(25)20-28(31(32)41-23(2)37)34(5)11-15-38-16-12-34;;/h24-31H,7-21H2,1-6H3;2*1H/q+2;;/p-2/t24-,25+,26-,27-,28-,29+,30-,31-,32-,33-;;/m0../s1. The summed E-state index contributed by atoms with van der Waals surface area (Å²) >= 11 is 0. The quantitative estimate of drug-likeness (QED) is 0.183. The first-order chi connectivity index (χ1) is 19.4. The molecule has 0 aromatic rings. The van der Waals surface area contributed by atoms with Crippen LogP contribution in [0.3, 0.4) is 0 Å². The van der Waals surface area contributed by atoms with Gasteiger partial charge in [-0.3, -0.25) is 9.59 Å². The lowest BCUT2D eigenvalue weighted by Gasteiger charge is -2.63. The van der Waals surface area contributed by atoms with Gasteiger partial charge in [-0.1, -0.05) is 13.8 Å². The molecule has 0 unspecified atom stereocenters. The summed E-state index contributed by atoms with van der Waals surface area (Å²) in [7, 11) is 4.76. The second-order valence-electron chi connectivity index (χ2n) is 15.8. The van der Waals surface area contributed by atoms with Crippen molar-refractivity contribution in [3.8, 4) is 0 Å². The summed E-state index contributed by atoms with van der Waals surface area (Å²) in [6.45, 7) is 15.4. The molecule has 4 aliphatic carbocycles. The van der Waals surface area contributed by atoms with Crippen LogP contribution >= 0.6 is 0 Å². The molecule has 0 bridgehead atoms. The third kappa shape index (κ3) is 6.29. The van der Waals surface area contributed by atoms with E-state index in [9.17, 15) is 9.59 Å². The Labute approximate surface area is 293 Å². The Morgan fingerprint density at radius 1 is 0.721 bits per heavy atom. The first-order valence-corrected chi connectivity index (χ1v) is 16.6. The van der Waals surface area contributed by atoms with Gasteiger partial charge in [0.25, 0.3) is 0 Å². The van der Waals surface area contributed by atoms with Crippen molar-refractivity contribution in [3.63, 3.8) is 0 Å². The van der Waals surface area contributed by atoms with Gasteiger partial charge in [0.05, 0.1) is 40.5 Å². The van der Waals surface area contributed by atoms with Gasteiger partial charge in [-0.15, -0.1) is 0 Å². The van der Waals surface area contributed by atoms with Gasteiger partial charge in [0, 0.05) is 32.1 Å². The maximum Gasteiger partial charge on any atom is 0.303 e. The number of carbonyl (C=O) groups is 2. The third-order valence-corrected chi connectivity index (χ3v) is 13.8. The highest BCUT2D eigenvalue weighted by Crippen LogP contribution is 2.67. The lowest BCUT2D eigenvalue weighted by atomic mass is 9.44. The van der Waals surface area contributed by atoms with Gasteiger partial charge in [-0.05, 0) is 61.2 Å². The molecule has 0 aromatic heterocycles. The molecule has 6 fully saturated rings. The van der Waals surface area contributed by atoms with Gasteiger partial charge in [0.1, 0.15) is 38.3 Å². The van der Waals surface area contributed by atoms with E-state index < -0.39 is 0 Å². The molecule has 2 aliphatic heterocycles. The number of halogens is 2. The van der Waals surface area contributed by atoms with Crippen LogP contribution < -0.4 is 48.0 Å². The summed E-state index contributed by atoms with van der Waals surface area (Å²) in [6.07, 6.45) is 8.03. The van der Waals surface area contributed by atoms with Gasteiger partial charge >= 0.3 is 11.9 Å². The Bertz CT molecular complexity index is 1020. The minimum Gasteiger partial charge on any atom is -1.00 e. The molecule has 248 valence electrons. The van der Waals surface area contributed by atoms with Crippen molar-refractivity contribution in [1.29, 1.82) is 0 Å². The first-order valence-electron chi connectivity index (χ1n) is 16.6. The highest BCUT2D eigenvalue weighted by molar-refractivity contribution is 5.66. The molecule has 4 saturated carbocycles. The zero-order chi connectivity index (χ0) is 29.2. The molecule has 8 nitrogen and oxygen atoms in total. The van der Waals surface area contributed by atoms with Crippen LogP contribution in [0.15, 0.2) is 0 Å². The molecule has 6 rings (SSSR count). The van der Waals surface area contributed by atoms with E-state index >= 15 is 0 Å². The fourth-order valence-corrected chi connectivity index (χ4v) is 11.3. The highest BCUT2D eigenvalue weighted by atomic mass is 127. The zero-order valence-corrected chi connectivity index (χ0v) is 31.6. The van der Waals surface area contributed by atoms with Gasteiger partial charge in [-0.2, -0.15) is 0 Å². The molecule has 10 heteroatoms.